The van der Waals surface area contributed by atoms with Crippen molar-refractivity contribution in [3.8, 4) is 11.5 Å². The second-order valence-corrected chi connectivity index (χ2v) is 3.82. The highest BCUT2D eigenvalue weighted by Gasteiger charge is 2.15. The van der Waals surface area contributed by atoms with E-state index in [1.807, 2.05) is 0 Å². The number of carbonyl (C=O) groups is 2. The average molecular weight is 252 g/mol. The predicted octanol–water partition coefficient (Wildman–Crippen LogP) is 0.306. The molecule has 1 rings (SSSR count). The minimum atomic E-state index is -0.406. The molecular formula is C12H16N2O4. The first-order valence-corrected chi connectivity index (χ1v) is 5.49. The van der Waals surface area contributed by atoms with Gasteiger partial charge in [-0.2, -0.15) is 0 Å². The van der Waals surface area contributed by atoms with Gasteiger partial charge in [0.25, 0.3) is 5.91 Å². The van der Waals surface area contributed by atoms with E-state index in [4.69, 9.17) is 5.11 Å². The normalized spacial score (nSPS) is 9.89. The van der Waals surface area contributed by atoms with Crippen LogP contribution >= 0.6 is 0 Å². The number of benzene rings is 1. The zero-order valence-electron chi connectivity index (χ0n) is 10.3. The van der Waals surface area contributed by atoms with Crippen LogP contribution < -0.4 is 5.32 Å². The zero-order valence-corrected chi connectivity index (χ0v) is 10.3. The number of phenolic OH excluding ortho intramolecular Hbond substituents is 2. The van der Waals surface area contributed by atoms with Crippen LogP contribution in [0.4, 0.5) is 0 Å². The molecule has 6 heteroatoms. The summed E-state index contributed by atoms with van der Waals surface area (Å²) in [5.41, 5.74) is 0.206. The van der Waals surface area contributed by atoms with Crippen LogP contribution in [-0.2, 0) is 4.79 Å². The first kappa shape index (κ1) is 13.8. The van der Waals surface area contributed by atoms with Gasteiger partial charge in [0.15, 0.2) is 11.5 Å². The van der Waals surface area contributed by atoms with Crippen LogP contribution in [0.25, 0.3) is 0 Å². The predicted molar refractivity (Wildman–Crippen MR) is 65.4 cm³/mol. The highest BCUT2D eigenvalue weighted by atomic mass is 16.3. The summed E-state index contributed by atoms with van der Waals surface area (Å²) in [4.78, 5) is 24.4. The lowest BCUT2D eigenvalue weighted by molar-refractivity contribution is -0.121. The third-order valence-electron chi connectivity index (χ3n) is 2.32. The summed E-state index contributed by atoms with van der Waals surface area (Å²) in [5.74, 6) is -1.32. The summed E-state index contributed by atoms with van der Waals surface area (Å²) in [7, 11) is 1.49. The number of hydrogen-bond donors (Lipinski definition) is 3. The number of hydrogen-bond acceptors (Lipinski definition) is 4. The van der Waals surface area contributed by atoms with Crippen molar-refractivity contribution in [3.63, 3.8) is 0 Å². The van der Waals surface area contributed by atoms with Crippen molar-refractivity contribution in [3.05, 3.63) is 23.8 Å². The monoisotopic (exact) mass is 252 g/mol. The lowest BCUT2D eigenvalue weighted by atomic mass is 10.2. The van der Waals surface area contributed by atoms with Crippen LogP contribution in [0.2, 0.25) is 0 Å². The van der Waals surface area contributed by atoms with E-state index in [1.54, 1.807) is 6.92 Å². The molecule has 0 aliphatic rings. The number of amides is 2. The fraction of sp³-hybridized carbons (Fsp3) is 0.333. The molecule has 3 N–H and O–H groups in total. The molecule has 0 atom stereocenters. The fourth-order valence-electron chi connectivity index (χ4n) is 1.42. The molecule has 0 saturated heterocycles. The molecule has 98 valence electrons. The zero-order chi connectivity index (χ0) is 13.7. The van der Waals surface area contributed by atoms with Gasteiger partial charge in [-0.25, -0.2) is 0 Å². The number of aromatic hydroxyl groups is 2. The first-order valence-electron chi connectivity index (χ1n) is 5.49. The molecule has 0 aliphatic carbocycles. The van der Waals surface area contributed by atoms with Crippen molar-refractivity contribution in [1.29, 1.82) is 0 Å². The molecule has 1 aromatic rings. The SMILES string of the molecule is CCNC(=O)CN(C)C(=O)c1ccc(O)c(O)c1. The fourth-order valence-corrected chi connectivity index (χ4v) is 1.42. The minimum absolute atomic E-state index is 0.0612. The quantitative estimate of drug-likeness (QED) is 0.672. The van der Waals surface area contributed by atoms with E-state index < -0.39 is 5.91 Å². The Labute approximate surface area is 105 Å². The smallest absolute Gasteiger partial charge is 0.254 e. The molecule has 1 aromatic carbocycles. The summed E-state index contributed by atoms with van der Waals surface area (Å²) in [6.07, 6.45) is 0. The maximum absolute atomic E-state index is 11.9. The summed E-state index contributed by atoms with van der Waals surface area (Å²) in [6.45, 7) is 2.23. The van der Waals surface area contributed by atoms with Crippen LogP contribution in [0.1, 0.15) is 17.3 Å². The van der Waals surface area contributed by atoms with Gasteiger partial charge in [0.2, 0.25) is 5.91 Å². The lowest BCUT2D eigenvalue weighted by Gasteiger charge is -2.16. The van der Waals surface area contributed by atoms with Gasteiger partial charge in [0, 0.05) is 19.2 Å². The Kier molecular flexibility index (Phi) is 4.53. The lowest BCUT2D eigenvalue weighted by Crippen LogP contribution is -2.38. The molecule has 0 bridgehead atoms. The molecule has 0 saturated carbocycles. The van der Waals surface area contributed by atoms with Crippen molar-refractivity contribution < 1.29 is 19.8 Å². The summed E-state index contributed by atoms with van der Waals surface area (Å²) < 4.78 is 0. The van der Waals surface area contributed by atoms with Crippen LogP contribution in [0.5, 0.6) is 11.5 Å². The highest BCUT2D eigenvalue weighted by Crippen LogP contribution is 2.25. The number of nitrogens with one attached hydrogen (secondary N) is 1. The Morgan fingerprint density at radius 3 is 2.50 bits per heavy atom. The molecule has 18 heavy (non-hydrogen) atoms. The Hall–Kier alpha value is -2.24. The standard InChI is InChI=1S/C12H16N2O4/c1-3-13-11(17)7-14(2)12(18)8-4-5-9(15)10(16)6-8/h4-6,15-16H,3,7H2,1-2H3,(H,13,17). The Balaban J connectivity index is 2.74. The molecule has 2 amide bonds. The van der Waals surface area contributed by atoms with Crippen LogP contribution in [0.3, 0.4) is 0 Å². The minimum Gasteiger partial charge on any atom is -0.504 e. The first-order chi connectivity index (χ1) is 8.45. The summed E-state index contributed by atoms with van der Waals surface area (Å²) in [5, 5.41) is 21.0. The number of likely N-dealkylation sites (N-methyl/N-ethyl adjacent to an activating group) is 2. The van der Waals surface area contributed by atoms with Gasteiger partial charge in [-0.05, 0) is 25.1 Å². The average Bonchev–Trinajstić information content (AvgIpc) is 2.32. The van der Waals surface area contributed by atoms with E-state index in [0.717, 1.165) is 6.07 Å². The number of nitrogens with zero attached hydrogens (tertiary/aromatic N) is 1. The summed E-state index contributed by atoms with van der Waals surface area (Å²) in [6, 6.07) is 3.76. The van der Waals surface area contributed by atoms with E-state index in [9.17, 15) is 14.7 Å². The van der Waals surface area contributed by atoms with Gasteiger partial charge in [-0.3, -0.25) is 9.59 Å². The van der Waals surface area contributed by atoms with Crippen molar-refractivity contribution in [1.82, 2.24) is 10.2 Å². The Bertz CT molecular complexity index is 459. The summed E-state index contributed by atoms with van der Waals surface area (Å²) >= 11 is 0. The maximum atomic E-state index is 11.9. The maximum Gasteiger partial charge on any atom is 0.254 e. The molecule has 0 unspecified atom stereocenters. The van der Waals surface area contributed by atoms with E-state index in [2.05, 4.69) is 5.32 Å². The van der Waals surface area contributed by atoms with Crippen LogP contribution in [-0.4, -0.2) is 47.1 Å². The molecular weight excluding hydrogens is 236 g/mol. The molecule has 0 heterocycles. The number of carbonyl (C=O) groups excluding carboxylic acids is 2. The van der Waals surface area contributed by atoms with Crippen molar-refractivity contribution in [2.24, 2.45) is 0 Å². The van der Waals surface area contributed by atoms with Crippen LogP contribution in [0, 0.1) is 0 Å². The molecule has 0 spiro atoms. The van der Waals surface area contributed by atoms with Crippen molar-refractivity contribution in [2.75, 3.05) is 20.1 Å². The van der Waals surface area contributed by atoms with Crippen molar-refractivity contribution in [2.45, 2.75) is 6.92 Å². The number of rotatable bonds is 4. The van der Waals surface area contributed by atoms with Gasteiger partial charge in [0.05, 0.1) is 6.54 Å². The van der Waals surface area contributed by atoms with Gasteiger partial charge < -0.3 is 20.4 Å². The van der Waals surface area contributed by atoms with Gasteiger partial charge in [0.1, 0.15) is 0 Å². The van der Waals surface area contributed by atoms with Gasteiger partial charge >= 0.3 is 0 Å². The third-order valence-corrected chi connectivity index (χ3v) is 2.32. The Morgan fingerprint density at radius 1 is 1.28 bits per heavy atom. The largest absolute Gasteiger partial charge is 0.504 e. The number of phenols is 2. The highest BCUT2D eigenvalue weighted by molar-refractivity contribution is 5.96. The van der Waals surface area contributed by atoms with E-state index in [-0.39, 0.29) is 29.5 Å². The Morgan fingerprint density at radius 2 is 1.94 bits per heavy atom. The van der Waals surface area contributed by atoms with Crippen molar-refractivity contribution >= 4 is 11.8 Å². The molecule has 6 nitrogen and oxygen atoms in total. The molecule has 0 radical (unpaired) electrons. The van der Waals surface area contributed by atoms with E-state index in [1.165, 1.54) is 24.1 Å². The van der Waals surface area contributed by atoms with Gasteiger partial charge in [-0.15, -0.1) is 0 Å². The second-order valence-electron chi connectivity index (χ2n) is 3.82. The van der Waals surface area contributed by atoms with E-state index >= 15 is 0 Å². The second kappa shape index (κ2) is 5.90. The molecule has 0 fully saturated rings. The molecule has 0 aromatic heterocycles. The topological polar surface area (TPSA) is 89.9 Å². The van der Waals surface area contributed by atoms with Crippen LogP contribution in [0.15, 0.2) is 18.2 Å². The van der Waals surface area contributed by atoms with Gasteiger partial charge in [-0.1, -0.05) is 0 Å². The molecule has 0 aliphatic heterocycles. The third kappa shape index (κ3) is 3.38. The van der Waals surface area contributed by atoms with E-state index in [0.29, 0.717) is 6.54 Å².